The number of amides is 1. The molecule has 0 aliphatic carbocycles. The molecule has 0 radical (unpaired) electrons. The van der Waals surface area contributed by atoms with Crippen molar-refractivity contribution in [3.8, 4) is 5.75 Å². The van der Waals surface area contributed by atoms with Gasteiger partial charge in [-0.05, 0) is 44.8 Å². The van der Waals surface area contributed by atoms with Gasteiger partial charge in [-0.15, -0.1) is 0 Å². The fraction of sp³-hybridized carbons (Fsp3) is 0.320. The first-order valence-corrected chi connectivity index (χ1v) is 11.6. The van der Waals surface area contributed by atoms with Crippen molar-refractivity contribution in [1.82, 2.24) is 14.9 Å². The van der Waals surface area contributed by atoms with Crippen LogP contribution in [0.4, 0.5) is 21.6 Å². The van der Waals surface area contributed by atoms with Gasteiger partial charge in [-0.3, -0.25) is 4.79 Å². The Labute approximate surface area is 208 Å². The molecule has 2 N–H and O–H groups in total. The van der Waals surface area contributed by atoms with Gasteiger partial charge >= 0.3 is 0 Å². The number of fused-ring (bicyclic) bond motifs is 1. The standard InChI is InChI=1S/C25H27ClFN5O3/c1-32(2)8-3-4-24(33)31-22-11-18-21(12-23(22)35-14-16-7-9-34-13-16)28-15-29-25(18)30-17-5-6-20(27)19(26)10-17/h3-6,10-12,15-16H,7-9,13-14H2,1-2H3,(H,31,33)(H,28,29,30). The lowest BCUT2D eigenvalue weighted by Crippen LogP contribution is -2.15. The minimum Gasteiger partial charge on any atom is -0.491 e. The molecule has 1 atom stereocenters. The average Bonchev–Trinajstić information content (AvgIpc) is 3.34. The number of carbonyl (C=O) groups excluding carboxylic acids is 1. The predicted molar refractivity (Wildman–Crippen MR) is 135 cm³/mol. The number of nitrogens with zero attached hydrogens (tertiary/aromatic N) is 3. The van der Waals surface area contributed by atoms with Gasteiger partial charge in [-0.1, -0.05) is 17.7 Å². The summed E-state index contributed by atoms with van der Waals surface area (Å²) in [5.74, 6) is 0.490. The van der Waals surface area contributed by atoms with E-state index in [1.54, 1.807) is 24.3 Å². The Morgan fingerprint density at radius 1 is 1.31 bits per heavy atom. The molecule has 2 heterocycles. The molecular weight excluding hydrogens is 473 g/mol. The number of rotatable bonds is 9. The number of aromatic nitrogens is 2. The zero-order chi connectivity index (χ0) is 24.8. The molecule has 0 spiro atoms. The number of nitrogens with one attached hydrogen (secondary N) is 2. The van der Waals surface area contributed by atoms with E-state index in [1.807, 2.05) is 19.0 Å². The van der Waals surface area contributed by atoms with Crippen LogP contribution in [0.2, 0.25) is 5.02 Å². The minimum atomic E-state index is -0.508. The number of anilines is 3. The van der Waals surface area contributed by atoms with Crippen LogP contribution >= 0.6 is 11.6 Å². The first-order valence-electron chi connectivity index (χ1n) is 11.2. The van der Waals surface area contributed by atoms with E-state index >= 15 is 0 Å². The lowest BCUT2D eigenvalue weighted by atomic mass is 10.1. The highest BCUT2D eigenvalue weighted by molar-refractivity contribution is 6.31. The summed E-state index contributed by atoms with van der Waals surface area (Å²) in [5, 5.41) is 6.70. The van der Waals surface area contributed by atoms with Gasteiger partial charge < -0.3 is 25.0 Å². The summed E-state index contributed by atoms with van der Waals surface area (Å²) in [4.78, 5) is 23.3. The summed E-state index contributed by atoms with van der Waals surface area (Å²) in [7, 11) is 3.85. The van der Waals surface area contributed by atoms with Gasteiger partial charge in [0.15, 0.2) is 0 Å². The number of likely N-dealkylation sites (N-methyl/N-ethyl adjacent to an activating group) is 1. The van der Waals surface area contributed by atoms with Gasteiger partial charge in [0, 0.05) is 42.3 Å². The van der Waals surface area contributed by atoms with E-state index in [4.69, 9.17) is 21.1 Å². The fourth-order valence-electron chi connectivity index (χ4n) is 3.58. The van der Waals surface area contributed by atoms with Crippen LogP contribution in [0.1, 0.15) is 6.42 Å². The molecule has 10 heteroatoms. The number of benzene rings is 2. The zero-order valence-electron chi connectivity index (χ0n) is 19.6. The van der Waals surface area contributed by atoms with Gasteiger partial charge in [0.25, 0.3) is 0 Å². The van der Waals surface area contributed by atoms with E-state index in [0.29, 0.717) is 59.5 Å². The third-order valence-corrected chi connectivity index (χ3v) is 5.70. The molecule has 1 unspecified atom stereocenters. The smallest absolute Gasteiger partial charge is 0.248 e. The Hall–Kier alpha value is -3.27. The van der Waals surface area contributed by atoms with Crippen LogP contribution in [-0.4, -0.2) is 61.2 Å². The Bertz CT molecular complexity index is 1230. The number of halogens is 2. The van der Waals surface area contributed by atoms with Crippen molar-refractivity contribution in [2.75, 3.05) is 51.1 Å². The predicted octanol–water partition coefficient (Wildman–Crippen LogP) is 4.64. The minimum absolute atomic E-state index is 0.00240. The Morgan fingerprint density at radius 2 is 2.17 bits per heavy atom. The maximum Gasteiger partial charge on any atom is 0.248 e. The third-order valence-electron chi connectivity index (χ3n) is 5.42. The highest BCUT2D eigenvalue weighted by Gasteiger charge is 2.19. The van der Waals surface area contributed by atoms with Crippen LogP contribution in [0.25, 0.3) is 10.9 Å². The summed E-state index contributed by atoms with van der Waals surface area (Å²) in [5.41, 5.74) is 1.68. The first kappa shape index (κ1) is 24.8. The molecule has 35 heavy (non-hydrogen) atoms. The lowest BCUT2D eigenvalue weighted by Gasteiger charge is -2.16. The van der Waals surface area contributed by atoms with Crippen LogP contribution in [0, 0.1) is 11.7 Å². The molecule has 1 aliphatic heterocycles. The number of carbonyl (C=O) groups is 1. The van der Waals surface area contributed by atoms with Crippen LogP contribution in [-0.2, 0) is 9.53 Å². The second-order valence-corrected chi connectivity index (χ2v) is 8.94. The van der Waals surface area contributed by atoms with E-state index < -0.39 is 5.82 Å². The number of ether oxygens (including phenoxy) is 2. The molecule has 1 aromatic heterocycles. The topological polar surface area (TPSA) is 88.6 Å². The summed E-state index contributed by atoms with van der Waals surface area (Å²) < 4.78 is 25.1. The highest BCUT2D eigenvalue weighted by atomic mass is 35.5. The molecule has 1 fully saturated rings. The molecular formula is C25H27ClFN5O3. The molecule has 1 amide bonds. The molecule has 1 aliphatic rings. The van der Waals surface area contributed by atoms with Crippen molar-refractivity contribution in [2.45, 2.75) is 6.42 Å². The van der Waals surface area contributed by atoms with Crippen molar-refractivity contribution < 1.29 is 18.7 Å². The van der Waals surface area contributed by atoms with Crippen LogP contribution in [0.3, 0.4) is 0 Å². The normalized spacial score (nSPS) is 15.7. The molecule has 184 valence electrons. The maximum absolute atomic E-state index is 13.6. The van der Waals surface area contributed by atoms with Gasteiger partial charge in [-0.25, -0.2) is 14.4 Å². The number of hydrogen-bond acceptors (Lipinski definition) is 7. The van der Waals surface area contributed by atoms with E-state index in [0.717, 1.165) is 13.0 Å². The second-order valence-electron chi connectivity index (χ2n) is 8.54. The summed E-state index contributed by atoms with van der Waals surface area (Å²) in [6, 6.07) is 7.85. The molecule has 1 saturated heterocycles. The van der Waals surface area contributed by atoms with Crippen molar-refractivity contribution in [2.24, 2.45) is 5.92 Å². The SMILES string of the molecule is CN(C)CC=CC(=O)Nc1cc2c(Nc3ccc(F)c(Cl)c3)ncnc2cc1OCC1CCOC1. The molecule has 0 bridgehead atoms. The Morgan fingerprint density at radius 3 is 2.91 bits per heavy atom. The average molecular weight is 500 g/mol. The molecule has 2 aromatic carbocycles. The van der Waals surface area contributed by atoms with Crippen LogP contribution < -0.4 is 15.4 Å². The largest absolute Gasteiger partial charge is 0.491 e. The van der Waals surface area contributed by atoms with E-state index in [9.17, 15) is 9.18 Å². The monoisotopic (exact) mass is 499 g/mol. The Balaban J connectivity index is 1.65. The second kappa shape index (κ2) is 11.4. The first-order chi connectivity index (χ1) is 16.9. The fourth-order valence-corrected chi connectivity index (χ4v) is 3.76. The van der Waals surface area contributed by atoms with E-state index in [-0.39, 0.29) is 10.9 Å². The summed E-state index contributed by atoms with van der Waals surface area (Å²) >= 11 is 5.92. The molecule has 4 rings (SSSR count). The van der Waals surface area contributed by atoms with Crippen LogP contribution in [0.5, 0.6) is 5.75 Å². The van der Waals surface area contributed by atoms with Gasteiger partial charge in [0.2, 0.25) is 5.91 Å². The zero-order valence-corrected chi connectivity index (χ0v) is 20.3. The molecule has 8 nitrogen and oxygen atoms in total. The summed E-state index contributed by atoms with van der Waals surface area (Å²) in [6.45, 7) is 2.48. The quantitative estimate of drug-likeness (QED) is 0.415. The number of hydrogen-bond donors (Lipinski definition) is 2. The highest BCUT2D eigenvalue weighted by Crippen LogP contribution is 2.34. The van der Waals surface area contributed by atoms with Crippen molar-refractivity contribution in [3.63, 3.8) is 0 Å². The van der Waals surface area contributed by atoms with Crippen molar-refractivity contribution >= 4 is 45.6 Å². The molecule has 3 aromatic rings. The van der Waals surface area contributed by atoms with Gasteiger partial charge in [0.05, 0.1) is 29.4 Å². The van der Waals surface area contributed by atoms with Gasteiger partial charge in [-0.2, -0.15) is 0 Å². The summed E-state index contributed by atoms with van der Waals surface area (Å²) in [6.07, 6.45) is 5.62. The lowest BCUT2D eigenvalue weighted by molar-refractivity contribution is -0.111. The van der Waals surface area contributed by atoms with Crippen LogP contribution in [0.15, 0.2) is 48.8 Å². The van der Waals surface area contributed by atoms with E-state index in [2.05, 4.69) is 20.6 Å². The van der Waals surface area contributed by atoms with Gasteiger partial charge in [0.1, 0.15) is 23.7 Å². The third kappa shape index (κ3) is 6.66. The molecule has 0 saturated carbocycles. The van der Waals surface area contributed by atoms with E-state index in [1.165, 1.54) is 24.5 Å². The maximum atomic E-state index is 13.6. The van der Waals surface area contributed by atoms with Crippen molar-refractivity contribution in [3.05, 3.63) is 59.7 Å². The Kier molecular flexibility index (Phi) is 8.12. The van der Waals surface area contributed by atoms with Crippen molar-refractivity contribution in [1.29, 1.82) is 0 Å².